The molecule has 1 spiro atoms. The minimum absolute atomic E-state index is 0.142. The van der Waals surface area contributed by atoms with Crippen LogP contribution in [-0.2, 0) is 11.3 Å². The van der Waals surface area contributed by atoms with E-state index in [2.05, 4.69) is 28.0 Å². The Bertz CT molecular complexity index is 834. The predicted octanol–water partition coefficient (Wildman–Crippen LogP) is 4.19. The molecule has 154 valence electrons. The number of piperidine rings is 1. The molecular formula is C24H30N2O3. The van der Waals surface area contributed by atoms with Crippen LogP contribution in [0.1, 0.15) is 55.6 Å². The van der Waals surface area contributed by atoms with E-state index in [-0.39, 0.29) is 11.5 Å². The summed E-state index contributed by atoms with van der Waals surface area (Å²) in [5.74, 6) is 1.56. The molecule has 3 aliphatic rings. The van der Waals surface area contributed by atoms with Crippen LogP contribution in [0.5, 0.6) is 5.75 Å². The average molecular weight is 395 g/mol. The molecule has 2 saturated heterocycles. The number of para-hydroxylation sites is 1. The lowest BCUT2D eigenvalue weighted by molar-refractivity contribution is -0.131. The number of hydrogen-bond donors (Lipinski definition) is 0. The van der Waals surface area contributed by atoms with E-state index in [0.717, 1.165) is 70.6 Å². The van der Waals surface area contributed by atoms with Gasteiger partial charge in [-0.2, -0.15) is 0 Å². The smallest absolute Gasteiger partial charge is 0.223 e. The van der Waals surface area contributed by atoms with Gasteiger partial charge in [0.15, 0.2) is 0 Å². The summed E-state index contributed by atoms with van der Waals surface area (Å²) < 4.78 is 11.8. The highest BCUT2D eigenvalue weighted by Crippen LogP contribution is 2.46. The Kier molecular flexibility index (Phi) is 5.08. The number of hydrogen-bond acceptors (Lipinski definition) is 4. The fourth-order valence-electron chi connectivity index (χ4n) is 5.30. The maximum absolute atomic E-state index is 12.9. The zero-order valence-corrected chi connectivity index (χ0v) is 17.0. The normalized spacial score (nSPS) is 23.7. The van der Waals surface area contributed by atoms with Gasteiger partial charge in [-0.15, -0.1) is 0 Å². The lowest BCUT2D eigenvalue weighted by atomic mass is 9.76. The molecule has 0 N–H and O–H groups in total. The Morgan fingerprint density at radius 2 is 1.86 bits per heavy atom. The standard InChI is InChI=1S/C24H30N2O3/c27-23(26-10-3-4-11-26)15-20-16-24(29-22-6-2-1-5-21(20)22)8-12-25(13-9-24)17-19-7-14-28-18-19/h1-2,5-7,14,18,20H,3-4,8-13,15-17H2. The van der Waals surface area contributed by atoms with Crippen molar-refractivity contribution in [3.05, 3.63) is 54.0 Å². The van der Waals surface area contributed by atoms with Crippen molar-refractivity contribution in [3.63, 3.8) is 0 Å². The van der Waals surface area contributed by atoms with Crippen molar-refractivity contribution >= 4 is 5.91 Å². The molecule has 2 fully saturated rings. The minimum Gasteiger partial charge on any atom is -0.487 e. The number of likely N-dealkylation sites (tertiary alicyclic amines) is 2. The number of ether oxygens (including phenoxy) is 1. The van der Waals surface area contributed by atoms with Crippen molar-refractivity contribution < 1.29 is 13.9 Å². The number of benzene rings is 1. The van der Waals surface area contributed by atoms with E-state index >= 15 is 0 Å². The lowest BCUT2D eigenvalue weighted by Crippen LogP contribution is -2.50. The third kappa shape index (κ3) is 3.93. The molecule has 2 aromatic rings. The van der Waals surface area contributed by atoms with Crippen LogP contribution in [0.15, 0.2) is 47.3 Å². The number of amides is 1. The Labute approximate surface area is 172 Å². The van der Waals surface area contributed by atoms with Crippen LogP contribution < -0.4 is 4.74 Å². The van der Waals surface area contributed by atoms with Gasteiger partial charge >= 0.3 is 0 Å². The van der Waals surface area contributed by atoms with Gasteiger partial charge in [0.25, 0.3) is 0 Å². The average Bonchev–Trinajstić information content (AvgIpc) is 3.44. The highest BCUT2D eigenvalue weighted by atomic mass is 16.5. The van der Waals surface area contributed by atoms with E-state index in [9.17, 15) is 4.79 Å². The first-order chi connectivity index (χ1) is 14.2. The fraction of sp³-hybridized carbons (Fsp3) is 0.542. The summed E-state index contributed by atoms with van der Waals surface area (Å²) in [4.78, 5) is 17.4. The zero-order valence-electron chi connectivity index (χ0n) is 17.0. The second kappa shape index (κ2) is 7.86. The summed E-state index contributed by atoms with van der Waals surface area (Å²) >= 11 is 0. The van der Waals surface area contributed by atoms with Gasteiger partial charge in [0, 0.05) is 50.6 Å². The molecule has 0 saturated carbocycles. The molecule has 5 heteroatoms. The highest BCUT2D eigenvalue weighted by molar-refractivity contribution is 5.77. The first-order valence-electron chi connectivity index (χ1n) is 11.0. The molecule has 3 aliphatic heterocycles. The first-order valence-corrected chi connectivity index (χ1v) is 11.0. The molecule has 0 radical (unpaired) electrons. The molecule has 1 unspecified atom stereocenters. The number of carbonyl (C=O) groups excluding carboxylic acids is 1. The van der Waals surface area contributed by atoms with Crippen LogP contribution in [0, 0.1) is 0 Å². The van der Waals surface area contributed by atoms with E-state index in [1.807, 2.05) is 18.4 Å². The van der Waals surface area contributed by atoms with Crippen LogP contribution in [-0.4, -0.2) is 47.5 Å². The monoisotopic (exact) mass is 394 g/mol. The molecule has 1 aromatic heterocycles. The summed E-state index contributed by atoms with van der Waals surface area (Å²) in [5.41, 5.74) is 2.30. The number of furan rings is 1. The van der Waals surface area contributed by atoms with Crippen molar-refractivity contribution in [1.82, 2.24) is 9.80 Å². The fourth-order valence-corrected chi connectivity index (χ4v) is 5.30. The van der Waals surface area contributed by atoms with Crippen molar-refractivity contribution in [1.29, 1.82) is 0 Å². The van der Waals surface area contributed by atoms with Gasteiger partial charge in [-0.25, -0.2) is 0 Å². The second-order valence-electron chi connectivity index (χ2n) is 8.92. The minimum atomic E-state index is -0.142. The molecule has 5 rings (SSSR count). The zero-order chi connectivity index (χ0) is 19.7. The van der Waals surface area contributed by atoms with Crippen molar-refractivity contribution in [3.8, 4) is 5.75 Å². The third-order valence-electron chi connectivity index (χ3n) is 6.94. The molecule has 5 nitrogen and oxygen atoms in total. The van der Waals surface area contributed by atoms with E-state index in [0.29, 0.717) is 12.3 Å². The Balaban J connectivity index is 1.29. The maximum atomic E-state index is 12.9. The van der Waals surface area contributed by atoms with Gasteiger partial charge in [-0.1, -0.05) is 18.2 Å². The summed E-state index contributed by atoms with van der Waals surface area (Å²) in [6, 6.07) is 10.4. The molecule has 1 atom stereocenters. The second-order valence-corrected chi connectivity index (χ2v) is 8.92. The van der Waals surface area contributed by atoms with Crippen LogP contribution in [0.25, 0.3) is 0 Å². The molecular weight excluding hydrogens is 364 g/mol. The quantitative estimate of drug-likeness (QED) is 0.780. The molecule has 4 heterocycles. The Morgan fingerprint density at radius 1 is 1.07 bits per heavy atom. The van der Waals surface area contributed by atoms with Crippen molar-refractivity contribution in [2.24, 2.45) is 0 Å². The largest absolute Gasteiger partial charge is 0.487 e. The number of carbonyl (C=O) groups is 1. The number of fused-ring (bicyclic) bond motifs is 1. The van der Waals surface area contributed by atoms with E-state index in [1.165, 1.54) is 11.1 Å². The van der Waals surface area contributed by atoms with Gasteiger partial charge in [-0.05, 0) is 49.8 Å². The van der Waals surface area contributed by atoms with E-state index in [1.54, 1.807) is 6.26 Å². The Morgan fingerprint density at radius 3 is 2.62 bits per heavy atom. The third-order valence-corrected chi connectivity index (χ3v) is 6.94. The maximum Gasteiger partial charge on any atom is 0.223 e. The summed E-state index contributed by atoms with van der Waals surface area (Å²) in [6.07, 6.45) is 9.44. The van der Waals surface area contributed by atoms with Gasteiger partial charge in [0.1, 0.15) is 11.4 Å². The van der Waals surface area contributed by atoms with Crippen LogP contribution in [0.4, 0.5) is 0 Å². The lowest BCUT2D eigenvalue weighted by Gasteiger charge is -2.47. The van der Waals surface area contributed by atoms with Crippen LogP contribution in [0.2, 0.25) is 0 Å². The van der Waals surface area contributed by atoms with Crippen molar-refractivity contribution in [2.45, 2.75) is 56.6 Å². The molecule has 1 aromatic carbocycles. The van der Waals surface area contributed by atoms with Gasteiger partial charge in [-0.3, -0.25) is 9.69 Å². The van der Waals surface area contributed by atoms with Gasteiger partial charge in [0.2, 0.25) is 5.91 Å². The van der Waals surface area contributed by atoms with E-state index < -0.39 is 0 Å². The topological polar surface area (TPSA) is 45.9 Å². The Hall–Kier alpha value is -2.27. The van der Waals surface area contributed by atoms with Crippen LogP contribution >= 0.6 is 0 Å². The number of rotatable bonds is 4. The molecule has 0 aliphatic carbocycles. The van der Waals surface area contributed by atoms with Gasteiger partial charge < -0.3 is 14.1 Å². The molecule has 29 heavy (non-hydrogen) atoms. The predicted molar refractivity (Wildman–Crippen MR) is 111 cm³/mol. The summed E-state index contributed by atoms with van der Waals surface area (Å²) in [7, 11) is 0. The molecule has 1 amide bonds. The van der Waals surface area contributed by atoms with Crippen LogP contribution in [0.3, 0.4) is 0 Å². The van der Waals surface area contributed by atoms with Crippen molar-refractivity contribution in [2.75, 3.05) is 26.2 Å². The summed E-state index contributed by atoms with van der Waals surface area (Å²) in [6.45, 7) is 4.82. The highest BCUT2D eigenvalue weighted by Gasteiger charge is 2.43. The van der Waals surface area contributed by atoms with Gasteiger partial charge in [0.05, 0.1) is 12.5 Å². The molecule has 0 bridgehead atoms. The van der Waals surface area contributed by atoms with E-state index in [4.69, 9.17) is 9.15 Å². The first kappa shape index (κ1) is 18.7. The SMILES string of the molecule is O=C(CC1CC2(CCN(Cc3ccoc3)CC2)Oc2ccccc21)N1CCCC1. The number of nitrogens with zero attached hydrogens (tertiary/aromatic N) is 2. The summed E-state index contributed by atoms with van der Waals surface area (Å²) in [5, 5.41) is 0.